The lowest BCUT2D eigenvalue weighted by Gasteiger charge is -2.33. The van der Waals surface area contributed by atoms with Crippen LogP contribution < -0.4 is 5.32 Å². The number of piperidine rings is 1. The lowest BCUT2D eigenvalue weighted by atomic mass is 10.0. The number of piperazine rings is 1. The zero-order valence-electron chi connectivity index (χ0n) is 13.3. The molecule has 0 saturated carbocycles. The van der Waals surface area contributed by atoms with Gasteiger partial charge in [0, 0.05) is 46.3 Å². The fourth-order valence-corrected chi connectivity index (χ4v) is 4.04. The van der Waals surface area contributed by atoms with Gasteiger partial charge in [-0.25, -0.2) is 0 Å². The van der Waals surface area contributed by atoms with Crippen LogP contribution in [-0.2, 0) is 15.0 Å². The molecule has 22 heavy (non-hydrogen) atoms. The van der Waals surface area contributed by atoms with Crippen LogP contribution in [0.4, 0.5) is 0 Å². The summed E-state index contributed by atoms with van der Waals surface area (Å²) in [5.74, 6) is 0.456. The van der Waals surface area contributed by atoms with E-state index in [4.69, 9.17) is 0 Å². The first-order valence-corrected chi connectivity index (χ1v) is 9.01. The van der Waals surface area contributed by atoms with Gasteiger partial charge < -0.3 is 10.2 Å². The van der Waals surface area contributed by atoms with Crippen LogP contribution in [0.3, 0.4) is 0 Å². The van der Waals surface area contributed by atoms with E-state index in [9.17, 15) is 13.2 Å². The highest BCUT2D eigenvalue weighted by Gasteiger charge is 2.31. The third kappa shape index (κ3) is 4.79. The van der Waals surface area contributed by atoms with E-state index in [1.807, 2.05) is 0 Å². The summed E-state index contributed by atoms with van der Waals surface area (Å²) in [5.41, 5.74) is 0. The van der Waals surface area contributed by atoms with Gasteiger partial charge >= 0.3 is 0 Å². The maximum Gasteiger partial charge on any atom is 0.282 e. The van der Waals surface area contributed by atoms with E-state index in [1.54, 1.807) is 4.90 Å². The minimum absolute atomic E-state index is 0. The minimum atomic E-state index is -3.52. The summed E-state index contributed by atoms with van der Waals surface area (Å²) in [6, 6.07) is 0. The number of carbonyl (C=O) groups is 1. The Bertz CT molecular complexity index is 460. The van der Waals surface area contributed by atoms with Gasteiger partial charge in [0.15, 0.2) is 0 Å². The molecule has 0 bridgehead atoms. The van der Waals surface area contributed by atoms with E-state index < -0.39 is 10.2 Å². The minimum Gasteiger partial charge on any atom is -0.339 e. The summed E-state index contributed by atoms with van der Waals surface area (Å²) in [6.07, 6.45) is 1.78. The Kier molecular flexibility index (Phi) is 7.54. The van der Waals surface area contributed by atoms with Crippen molar-refractivity contribution in [1.29, 1.82) is 0 Å². The molecule has 0 atom stereocenters. The number of halogens is 1. The summed E-state index contributed by atoms with van der Waals surface area (Å²) in [7, 11) is -2.02. The topological polar surface area (TPSA) is 73.0 Å². The van der Waals surface area contributed by atoms with Gasteiger partial charge in [0.05, 0.1) is 6.54 Å². The number of hydrogen-bond acceptors (Lipinski definition) is 4. The standard InChI is InChI=1S/C13H26N4O3S.ClH/c1-12-3-7-17(8-4-12)21(19,20)15(2)11-13(18)16-9-5-14-6-10-16;/h12,14H,3-11H2,1-2H3;1H. The van der Waals surface area contributed by atoms with Crippen molar-refractivity contribution in [3.63, 3.8) is 0 Å². The van der Waals surface area contributed by atoms with Crippen molar-refractivity contribution < 1.29 is 13.2 Å². The smallest absolute Gasteiger partial charge is 0.282 e. The fraction of sp³-hybridized carbons (Fsp3) is 0.923. The van der Waals surface area contributed by atoms with Gasteiger partial charge in [0.25, 0.3) is 10.2 Å². The molecule has 1 N–H and O–H groups in total. The van der Waals surface area contributed by atoms with Gasteiger partial charge in [-0.15, -0.1) is 12.4 Å². The van der Waals surface area contributed by atoms with E-state index in [0.717, 1.165) is 25.9 Å². The van der Waals surface area contributed by atoms with Crippen LogP contribution in [-0.4, -0.2) is 80.7 Å². The van der Waals surface area contributed by atoms with Gasteiger partial charge in [0.1, 0.15) is 0 Å². The number of likely N-dealkylation sites (N-methyl/N-ethyl adjacent to an activating group) is 1. The van der Waals surface area contributed by atoms with Crippen molar-refractivity contribution in [2.75, 3.05) is 52.9 Å². The number of carbonyl (C=O) groups excluding carboxylic acids is 1. The van der Waals surface area contributed by atoms with E-state index in [-0.39, 0.29) is 24.9 Å². The Morgan fingerprint density at radius 1 is 1.18 bits per heavy atom. The summed E-state index contributed by atoms with van der Waals surface area (Å²) in [4.78, 5) is 13.9. The van der Waals surface area contributed by atoms with E-state index in [1.165, 1.54) is 15.7 Å². The van der Waals surface area contributed by atoms with Crippen LogP contribution in [0.15, 0.2) is 0 Å². The van der Waals surface area contributed by atoms with Crippen LogP contribution in [0, 0.1) is 5.92 Å². The third-order valence-electron chi connectivity index (χ3n) is 4.29. The Labute approximate surface area is 139 Å². The summed E-state index contributed by atoms with van der Waals surface area (Å²) in [6.45, 7) is 6.00. The van der Waals surface area contributed by atoms with Gasteiger partial charge in [-0.1, -0.05) is 6.92 Å². The second-order valence-corrected chi connectivity index (χ2v) is 8.01. The van der Waals surface area contributed by atoms with Crippen LogP contribution in [0.2, 0.25) is 0 Å². The SMILES string of the molecule is CC1CCN(S(=O)(=O)N(C)CC(=O)N2CCNCC2)CC1.Cl. The molecule has 2 aliphatic rings. The molecule has 0 aromatic carbocycles. The third-order valence-corrected chi connectivity index (χ3v) is 6.22. The lowest BCUT2D eigenvalue weighted by Crippen LogP contribution is -2.52. The van der Waals surface area contributed by atoms with Crippen LogP contribution in [0.1, 0.15) is 19.8 Å². The van der Waals surface area contributed by atoms with Crippen molar-refractivity contribution in [2.24, 2.45) is 5.92 Å². The van der Waals surface area contributed by atoms with Crippen molar-refractivity contribution >= 4 is 28.5 Å². The number of nitrogens with zero attached hydrogens (tertiary/aromatic N) is 3. The lowest BCUT2D eigenvalue weighted by molar-refractivity contribution is -0.131. The predicted octanol–water partition coefficient (Wildman–Crippen LogP) is -0.251. The number of rotatable bonds is 4. The summed E-state index contributed by atoms with van der Waals surface area (Å²) < 4.78 is 27.6. The quantitative estimate of drug-likeness (QED) is 0.755. The normalized spacial score (nSPS) is 21.7. The number of hydrogen-bond donors (Lipinski definition) is 1. The molecule has 1 amide bonds. The van der Waals surface area contributed by atoms with Gasteiger partial charge in [-0.2, -0.15) is 17.0 Å². The second-order valence-electron chi connectivity index (χ2n) is 5.98. The van der Waals surface area contributed by atoms with E-state index >= 15 is 0 Å². The summed E-state index contributed by atoms with van der Waals surface area (Å²) in [5, 5.41) is 3.17. The molecule has 0 unspecified atom stereocenters. The number of nitrogens with one attached hydrogen (secondary N) is 1. The maximum atomic E-state index is 12.5. The first-order valence-electron chi connectivity index (χ1n) is 7.61. The molecule has 0 spiro atoms. The Morgan fingerprint density at radius 2 is 1.73 bits per heavy atom. The van der Waals surface area contributed by atoms with Crippen molar-refractivity contribution in [2.45, 2.75) is 19.8 Å². The molecule has 0 aliphatic carbocycles. The molecule has 9 heteroatoms. The highest BCUT2D eigenvalue weighted by atomic mass is 35.5. The zero-order chi connectivity index (χ0) is 15.5. The largest absolute Gasteiger partial charge is 0.339 e. The van der Waals surface area contributed by atoms with Gasteiger partial charge in [0.2, 0.25) is 5.91 Å². The maximum absolute atomic E-state index is 12.5. The Hall–Kier alpha value is -0.410. The molecule has 130 valence electrons. The van der Waals surface area contributed by atoms with Crippen molar-refractivity contribution in [1.82, 2.24) is 18.8 Å². The molecule has 0 radical (unpaired) electrons. The van der Waals surface area contributed by atoms with Crippen molar-refractivity contribution in [3.8, 4) is 0 Å². The predicted molar refractivity (Wildman–Crippen MR) is 88.2 cm³/mol. The monoisotopic (exact) mass is 354 g/mol. The van der Waals surface area contributed by atoms with Crippen molar-refractivity contribution in [3.05, 3.63) is 0 Å². The second kappa shape index (κ2) is 8.44. The van der Waals surface area contributed by atoms with Gasteiger partial charge in [-0.3, -0.25) is 4.79 Å². The molecular formula is C13H27ClN4O3S. The average Bonchev–Trinajstić information content (AvgIpc) is 2.48. The summed E-state index contributed by atoms with van der Waals surface area (Å²) >= 11 is 0. The molecule has 0 aromatic rings. The average molecular weight is 355 g/mol. The molecular weight excluding hydrogens is 328 g/mol. The van der Waals surface area contributed by atoms with Gasteiger partial charge in [-0.05, 0) is 18.8 Å². The molecule has 2 saturated heterocycles. The van der Waals surface area contributed by atoms with Crippen LogP contribution >= 0.6 is 12.4 Å². The van der Waals surface area contributed by atoms with E-state index in [0.29, 0.717) is 32.1 Å². The van der Waals surface area contributed by atoms with Crippen LogP contribution in [0.25, 0.3) is 0 Å². The zero-order valence-corrected chi connectivity index (χ0v) is 15.0. The van der Waals surface area contributed by atoms with E-state index in [2.05, 4.69) is 12.2 Å². The molecule has 0 aromatic heterocycles. The Morgan fingerprint density at radius 3 is 2.27 bits per heavy atom. The highest BCUT2D eigenvalue weighted by Crippen LogP contribution is 2.20. The first kappa shape index (κ1) is 19.6. The molecule has 2 rings (SSSR count). The first-order chi connectivity index (χ1) is 9.91. The van der Waals surface area contributed by atoms with Crippen LogP contribution in [0.5, 0.6) is 0 Å². The molecule has 2 fully saturated rings. The Balaban J connectivity index is 0.00000242. The molecule has 7 nitrogen and oxygen atoms in total. The highest BCUT2D eigenvalue weighted by molar-refractivity contribution is 7.86. The molecule has 2 aliphatic heterocycles. The fourth-order valence-electron chi connectivity index (χ4n) is 2.70. The molecule has 2 heterocycles. The number of amides is 1.